The van der Waals surface area contributed by atoms with Crippen LogP contribution in [0.2, 0.25) is 0 Å². The van der Waals surface area contributed by atoms with Crippen molar-refractivity contribution < 1.29 is 13.8 Å². The van der Waals surface area contributed by atoms with E-state index in [-0.39, 0.29) is 23.2 Å². The molecule has 108 valence electrons. The van der Waals surface area contributed by atoms with E-state index in [0.717, 1.165) is 11.3 Å². The number of aromatic nitrogens is 1. The van der Waals surface area contributed by atoms with Crippen LogP contribution in [-0.4, -0.2) is 26.5 Å². The van der Waals surface area contributed by atoms with E-state index in [0.29, 0.717) is 26.1 Å². The second kappa shape index (κ2) is 5.27. The third-order valence-electron chi connectivity index (χ3n) is 3.12. The van der Waals surface area contributed by atoms with Crippen molar-refractivity contribution in [2.45, 2.75) is 18.2 Å². The number of fused-ring (bicyclic) bond motifs is 2. The smallest absolute Gasteiger partial charge is 0.213 e. The second-order valence-electron chi connectivity index (χ2n) is 5.27. The average Bonchev–Trinajstić information content (AvgIpc) is 2.90. The van der Waals surface area contributed by atoms with Crippen LogP contribution in [0.4, 0.5) is 0 Å². The first-order valence-corrected chi connectivity index (χ1v) is 8.70. The lowest BCUT2D eigenvalue weighted by atomic mass is 9.92. The number of benzene rings is 1. The number of rotatable bonds is 3. The Morgan fingerprint density at radius 2 is 1.76 bits per heavy atom. The quantitative estimate of drug-likeness (QED) is 0.744. The Morgan fingerprint density at radius 1 is 1.14 bits per heavy atom. The fraction of sp³-hybridized carbons (Fsp3) is 0.267. The Hall–Kier alpha value is -1.66. The highest BCUT2D eigenvalue weighted by Gasteiger charge is 2.34. The van der Waals surface area contributed by atoms with Gasteiger partial charge in [0.2, 0.25) is 11.6 Å². The molecule has 3 rings (SSSR count). The summed E-state index contributed by atoms with van der Waals surface area (Å²) in [6.45, 7) is 3.94. The summed E-state index contributed by atoms with van der Waals surface area (Å²) in [5.74, 6) is 0.270. The topological polar surface area (TPSA) is 64.1 Å². The molecule has 1 unspecified atom stereocenters. The van der Waals surface area contributed by atoms with Crippen LogP contribution in [0, 0.1) is 5.92 Å². The summed E-state index contributed by atoms with van der Waals surface area (Å²) < 4.78 is 12.6. The number of ketones is 2. The maximum absolute atomic E-state index is 12.4. The molecule has 1 aromatic carbocycles. The largest absolute Gasteiger partial charge is 0.288 e. The number of nitrogens with zero attached hydrogens (tertiary/aromatic N) is 1. The van der Waals surface area contributed by atoms with Gasteiger partial charge in [-0.05, 0) is 5.92 Å². The summed E-state index contributed by atoms with van der Waals surface area (Å²) in [7, 11) is -1.27. The van der Waals surface area contributed by atoms with E-state index in [4.69, 9.17) is 0 Å². The highest BCUT2D eigenvalue weighted by atomic mass is 32.2. The van der Waals surface area contributed by atoms with Crippen molar-refractivity contribution in [2.75, 3.05) is 5.75 Å². The maximum Gasteiger partial charge on any atom is 0.213 e. The van der Waals surface area contributed by atoms with E-state index in [2.05, 4.69) is 4.98 Å². The van der Waals surface area contributed by atoms with Crippen molar-refractivity contribution in [3.63, 3.8) is 0 Å². The summed E-state index contributed by atoms with van der Waals surface area (Å²) >= 11 is 1.08. The molecule has 0 fully saturated rings. The SMILES string of the molecule is CC(C)CS(=O)c1nc2c(s1)C(=O)c1ccccc1C2=O. The lowest BCUT2D eigenvalue weighted by Crippen LogP contribution is -2.19. The fourth-order valence-corrected chi connectivity index (χ4v) is 4.73. The molecule has 4 nitrogen and oxygen atoms in total. The highest BCUT2D eigenvalue weighted by molar-refractivity contribution is 7.87. The van der Waals surface area contributed by atoms with Gasteiger partial charge < -0.3 is 0 Å². The van der Waals surface area contributed by atoms with Gasteiger partial charge in [-0.2, -0.15) is 0 Å². The van der Waals surface area contributed by atoms with Gasteiger partial charge in [-0.25, -0.2) is 4.98 Å². The fourth-order valence-electron chi connectivity index (χ4n) is 2.21. The summed E-state index contributed by atoms with van der Waals surface area (Å²) in [5, 5.41) is 0. The van der Waals surface area contributed by atoms with Crippen molar-refractivity contribution in [3.05, 3.63) is 46.0 Å². The lowest BCUT2D eigenvalue weighted by Gasteiger charge is -2.11. The van der Waals surface area contributed by atoms with Crippen LogP contribution in [0.15, 0.2) is 28.6 Å². The van der Waals surface area contributed by atoms with Gasteiger partial charge in [-0.1, -0.05) is 38.1 Å². The first-order valence-electron chi connectivity index (χ1n) is 6.56. The van der Waals surface area contributed by atoms with E-state index in [1.54, 1.807) is 24.3 Å². The normalized spacial score (nSPS) is 15.0. The van der Waals surface area contributed by atoms with E-state index in [9.17, 15) is 13.8 Å². The Kier molecular flexibility index (Phi) is 3.59. The van der Waals surface area contributed by atoms with Crippen LogP contribution >= 0.6 is 11.3 Å². The molecule has 1 aliphatic rings. The molecule has 0 N–H and O–H groups in total. The van der Waals surface area contributed by atoms with Crippen LogP contribution in [-0.2, 0) is 10.8 Å². The minimum absolute atomic E-state index is 0.149. The van der Waals surface area contributed by atoms with Crippen molar-refractivity contribution in [1.29, 1.82) is 0 Å². The summed E-state index contributed by atoms with van der Waals surface area (Å²) in [4.78, 5) is 29.3. The van der Waals surface area contributed by atoms with Gasteiger partial charge in [0.25, 0.3) is 0 Å². The van der Waals surface area contributed by atoms with Gasteiger partial charge in [-0.15, -0.1) is 11.3 Å². The highest BCUT2D eigenvalue weighted by Crippen LogP contribution is 2.32. The molecule has 1 heterocycles. The van der Waals surface area contributed by atoms with Crippen LogP contribution < -0.4 is 0 Å². The zero-order valence-electron chi connectivity index (χ0n) is 11.6. The molecule has 0 aliphatic heterocycles. The van der Waals surface area contributed by atoms with Gasteiger partial charge in [0.15, 0.2) is 4.34 Å². The third-order valence-corrected chi connectivity index (χ3v) is 6.23. The molecular formula is C15H13NO3S2. The minimum atomic E-state index is -1.27. The Morgan fingerprint density at radius 3 is 2.38 bits per heavy atom. The molecule has 0 radical (unpaired) electrons. The molecule has 0 spiro atoms. The van der Waals surface area contributed by atoms with Gasteiger partial charge in [0.1, 0.15) is 10.6 Å². The predicted molar refractivity (Wildman–Crippen MR) is 81.5 cm³/mol. The molecule has 1 aliphatic carbocycles. The first-order chi connectivity index (χ1) is 9.99. The van der Waals surface area contributed by atoms with Gasteiger partial charge in [-0.3, -0.25) is 13.8 Å². The first kappa shape index (κ1) is 14.3. The molecular weight excluding hydrogens is 306 g/mol. The van der Waals surface area contributed by atoms with Crippen LogP contribution in [0.5, 0.6) is 0 Å². The summed E-state index contributed by atoms with van der Waals surface area (Å²) in [6.07, 6.45) is 0. The predicted octanol–water partition coefficient (Wildman–Crippen LogP) is 2.68. The molecule has 0 amide bonds. The van der Waals surface area contributed by atoms with Gasteiger partial charge in [0.05, 0.1) is 10.8 Å². The number of hydrogen-bond acceptors (Lipinski definition) is 5. The monoisotopic (exact) mass is 319 g/mol. The molecule has 0 saturated carbocycles. The minimum Gasteiger partial charge on any atom is -0.288 e. The number of carbonyl (C=O) groups excluding carboxylic acids is 2. The van der Waals surface area contributed by atoms with Crippen molar-refractivity contribution >= 4 is 33.7 Å². The Labute approximate surface area is 128 Å². The van der Waals surface area contributed by atoms with Crippen LogP contribution in [0.3, 0.4) is 0 Å². The van der Waals surface area contributed by atoms with E-state index < -0.39 is 10.8 Å². The lowest BCUT2D eigenvalue weighted by molar-refractivity contribution is 0.0979. The zero-order chi connectivity index (χ0) is 15.1. The summed E-state index contributed by atoms with van der Waals surface area (Å²) in [5.41, 5.74) is 0.928. The van der Waals surface area contributed by atoms with Gasteiger partial charge in [0, 0.05) is 16.9 Å². The van der Waals surface area contributed by atoms with Gasteiger partial charge >= 0.3 is 0 Å². The summed E-state index contributed by atoms with van der Waals surface area (Å²) in [6, 6.07) is 6.72. The van der Waals surface area contributed by atoms with E-state index in [1.165, 1.54) is 0 Å². The molecule has 1 atom stereocenters. The van der Waals surface area contributed by atoms with E-state index in [1.807, 2.05) is 13.8 Å². The van der Waals surface area contributed by atoms with Crippen molar-refractivity contribution in [3.8, 4) is 0 Å². The molecule has 6 heteroatoms. The number of hydrogen-bond donors (Lipinski definition) is 0. The average molecular weight is 319 g/mol. The zero-order valence-corrected chi connectivity index (χ0v) is 13.2. The van der Waals surface area contributed by atoms with E-state index >= 15 is 0 Å². The molecule has 2 aromatic rings. The number of thiazole rings is 1. The van der Waals surface area contributed by atoms with Crippen LogP contribution in [0.25, 0.3) is 0 Å². The second-order valence-corrected chi connectivity index (χ2v) is 7.94. The Bertz CT molecular complexity index is 724. The molecule has 0 saturated heterocycles. The maximum atomic E-state index is 12.4. The van der Waals surface area contributed by atoms with Crippen molar-refractivity contribution in [1.82, 2.24) is 4.98 Å². The van der Waals surface area contributed by atoms with Crippen molar-refractivity contribution in [2.24, 2.45) is 5.92 Å². The molecule has 21 heavy (non-hydrogen) atoms. The Balaban J connectivity index is 2.07. The molecule has 1 aromatic heterocycles. The van der Waals surface area contributed by atoms with Crippen LogP contribution in [0.1, 0.15) is 45.1 Å². The third kappa shape index (κ3) is 2.38. The number of carbonyl (C=O) groups is 2. The standard InChI is InChI=1S/C15H13NO3S2/c1-8(2)7-21(19)15-16-11-12(17)9-5-3-4-6-10(9)13(18)14(11)20-15/h3-6,8H,7H2,1-2H3. The molecule has 0 bridgehead atoms.